The van der Waals surface area contributed by atoms with Gasteiger partial charge in [0.2, 0.25) is 0 Å². The van der Waals surface area contributed by atoms with E-state index in [1.807, 2.05) is 0 Å². The Hall–Kier alpha value is 1.23. The molecule has 0 fully saturated rings. The molecule has 0 aromatic heterocycles. The minimum absolute atomic E-state index is 0. The quantitative estimate of drug-likeness (QED) is 0.449. The normalized spacial score (nSPS) is 12.8. The second-order valence-electron chi connectivity index (χ2n) is 1.61. The number of hydrogen-bond donors (Lipinski definition) is 0. The summed E-state index contributed by atoms with van der Waals surface area (Å²) in [5.41, 5.74) is -0.481. The average Bonchev–Trinajstić information content (AvgIpc) is 1.62. The molecule has 0 saturated heterocycles. The molecule has 0 amide bonds. The van der Waals surface area contributed by atoms with Gasteiger partial charge in [-0.05, 0) is 6.92 Å². The fourth-order valence-electron chi connectivity index (χ4n) is 0.189. The first kappa shape index (κ1) is 12.9. The molecule has 0 N–H and O–H groups in total. The summed E-state index contributed by atoms with van der Waals surface area (Å²) in [6.45, 7) is -2.25. The summed E-state index contributed by atoms with van der Waals surface area (Å²) in [6, 6.07) is 0. The van der Waals surface area contributed by atoms with Crippen LogP contribution in [0.15, 0.2) is 11.5 Å². The summed E-state index contributed by atoms with van der Waals surface area (Å²) in [4.78, 5) is 0. The number of hydrogen-bond acceptors (Lipinski definition) is 0. The fraction of sp³-hybridized carbons (Fsp3) is 0.500. The second-order valence-corrected chi connectivity index (χ2v) is 1.61. The van der Waals surface area contributed by atoms with E-state index in [2.05, 4.69) is 0 Å². The Labute approximate surface area is 95.4 Å². The van der Waals surface area contributed by atoms with Gasteiger partial charge >= 0.3 is 58.4 Å². The molecular weight excluding hydrogens is 155 g/mol. The topological polar surface area (TPSA) is 0 Å². The van der Waals surface area contributed by atoms with Gasteiger partial charge in [-0.2, -0.15) is 0 Å². The summed E-state index contributed by atoms with van der Waals surface area (Å²) >= 11 is 0. The fourth-order valence-corrected chi connectivity index (χ4v) is 0.189. The molecule has 0 nitrogen and oxygen atoms in total. The van der Waals surface area contributed by atoms with Crippen LogP contribution >= 0.6 is 0 Å². The van der Waals surface area contributed by atoms with Crippen molar-refractivity contribution in [3.63, 3.8) is 0 Å². The third kappa shape index (κ3) is 5.66. The van der Waals surface area contributed by atoms with Gasteiger partial charge in [0.1, 0.15) is 0 Å². The van der Waals surface area contributed by atoms with Gasteiger partial charge in [-0.25, -0.2) is 0 Å². The van der Waals surface area contributed by atoms with Crippen molar-refractivity contribution < 1.29 is 64.3 Å². The summed E-state index contributed by atoms with van der Waals surface area (Å²) in [6.07, 6.45) is 1.07. The van der Waals surface area contributed by atoms with Crippen molar-refractivity contribution in [2.45, 2.75) is 13.8 Å². The van der Waals surface area contributed by atoms with Crippen LogP contribution in [0.5, 0.6) is 0 Å². The molecule has 0 atom stereocenters. The monoisotopic (exact) mass is 162 g/mol. The van der Waals surface area contributed by atoms with E-state index in [4.69, 9.17) is 0 Å². The molecule has 0 saturated carbocycles. The van der Waals surface area contributed by atoms with Crippen molar-refractivity contribution in [2.24, 2.45) is 0 Å². The molecule has 48 valence electrons. The Morgan fingerprint density at radius 3 is 1.67 bits per heavy atom. The van der Waals surface area contributed by atoms with Crippen LogP contribution in [0.1, 0.15) is 13.8 Å². The van der Waals surface area contributed by atoms with E-state index < -0.39 is 12.4 Å². The van der Waals surface area contributed by atoms with E-state index in [1.54, 1.807) is 0 Å². The molecule has 0 rings (SSSR count). The molecule has 9 heavy (non-hydrogen) atoms. The van der Waals surface area contributed by atoms with Gasteiger partial charge in [0.15, 0.2) is 0 Å². The van der Waals surface area contributed by atoms with Gasteiger partial charge in [-0.15, -0.1) is 11.5 Å². The molecule has 0 bridgehead atoms. The van der Waals surface area contributed by atoms with Crippen molar-refractivity contribution in [1.29, 1.82) is 0 Å². The molecule has 0 radical (unpaired) electrons. The zero-order valence-corrected chi connectivity index (χ0v) is 8.91. The summed E-state index contributed by atoms with van der Waals surface area (Å²) in [5.74, 6) is 0. The summed E-state index contributed by atoms with van der Waals surface area (Å²) in [7, 11) is 0. The van der Waals surface area contributed by atoms with Crippen LogP contribution in [0.4, 0.5) is 12.9 Å². The van der Waals surface area contributed by atoms with Crippen molar-refractivity contribution in [2.75, 3.05) is 0 Å². The Balaban J connectivity index is 0. The van der Waals surface area contributed by atoms with Crippen molar-refractivity contribution >= 4 is 6.98 Å². The predicted octanol–water partition coefficient (Wildman–Crippen LogP) is -0.657. The van der Waals surface area contributed by atoms with Crippen LogP contribution in [0.25, 0.3) is 0 Å². The first-order valence-corrected chi connectivity index (χ1v) is 2.31. The number of allylic oxidation sites excluding steroid dienone is 2. The Bertz CT molecular complexity index is 107. The van der Waals surface area contributed by atoms with E-state index in [-0.39, 0.29) is 51.4 Å². The molecule has 0 aromatic rings. The van der Waals surface area contributed by atoms with Gasteiger partial charge in [0, 0.05) is 0 Å². The first-order valence-electron chi connectivity index (χ1n) is 2.31. The van der Waals surface area contributed by atoms with Crippen LogP contribution < -0.4 is 51.4 Å². The maximum atomic E-state index is 11.4. The second kappa shape index (κ2) is 4.96. The van der Waals surface area contributed by atoms with Gasteiger partial charge in [0.05, 0.1) is 0 Å². The molecule has 0 aromatic carbocycles. The third-order valence-corrected chi connectivity index (χ3v) is 0.972. The minimum atomic E-state index is -4.70. The molecular formula is C4H7BF3K. The molecule has 5 heteroatoms. The van der Waals surface area contributed by atoms with Gasteiger partial charge in [-0.3, -0.25) is 0 Å². The molecule has 0 aliphatic carbocycles. The number of halogens is 3. The van der Waals surface area contributed by atoms with E-state index in [1.165, 1.54) is 6.92 Å². The molecule has 0 heterocycles. The van der Waals surface area contributed by atoms with Crippen LogP contribution in [0, 0.1) is 0 Å². The molecule has 0 spiro atoms. The van der Waals surface area contributed by atoms with Crippen LogP contribution in [-0.2, 0) is 0 Å². The molecule has 0 unspecified atom stereocenters. The van der Waals surface area contributed by atoms with Crippen molar-refractivity contribution in [3.8, 4) is 0 Å². The van der Waals surface area contributed by atoms with Gasteiger partial charge < -0.3 is 12.9 Å². The first-order chi connectivity index (χ1) is 3.48. The standard InChI is InChI=1S/C4H7BF3.K/c1-3-4(2)5(6,7)8;/h3H,1-2H3;/q-1;+1. The zero-order valence-electron chi connectivity index (χ0n) is 5.79. The van der Waals surface area contributed by atoms with Crippen LogP contribution in [-0.4, -0.2) is 6.98 Å². The van der Waals surface area contributed by atoms with Crippen molar-refractivity contribution in [3.05, 3.63) is 11.5 Å². The van der Waals surface area contributed by atoms with E-state index in [9.17, 15) is 12.9 Å². The Morgan fingerprint density at radius 1 is 1.33 bits per heavy atom. The summed E-state index contributed by atoms with van der Waals surface area (Å²) in [5, 5.41) is 0. The maximum absolute atomic E-state index is 11.4. The maximum Gasteiger partial charge on any atom is 1.00 e. The molecule has 0 aliphatic rings. The Morgan fingerprint density at radius 2 is 1.67 bits per heavy atom. The average molecular weight is 162 g/mol. The van der Waals surface area contributed by atoms with E-state index in [0.29, 0.717) is 0 Å². The minimum Gasteiger partial charge on any atom is -0.445 e. The van der Waals surface area contributed by atoms with E-state index in [0.717, 1.165) is 13.0 Å². The largest absolute Gasteiger partial charge is 1.00 e. The van der Waals surface area contributed by atoms with Crippen molar-refractivity contribution in [1.82, 2.24) is 0 Å². The summed E-state index contributed by atoms with van der Waals surface area (Å²) < 4.78 is 34.3. The van der Waals surface area contributed by atoms with Crippen LogP contribution in [0.2, 0.25) is 0 Å². The smallest absolute Gasteiger partial charge is 0.445 e. The number of rotatable bonds is 1. The Kier molecular flexibility index (Phi) is 7.09. The SMILES string of the molecule is CC=C(C)[B-](F)(F)F.[K+]. The van der Waals surface area contributed by atoms with Crippen LogP contribution in [0.3, 0.4) is 0 Å². The predicted molar refractivity (Wildman–Crippen MR) is 28.5 cm³/mol. The van der Waals surface area contributed by atoms with Gasteiger partial charge in [-0.1, -0.05) is 6.92 Å². The third-order valence-electron chi connectivity index (χ3n) is 0.972. The zero-order chi connectivity index (χ0) is 6.78. The molecule has 0 aliphatic heterocycles. The van der Waals surface area contributed by atoms with E-state index >= 15 is 0 Å². The van der Waals surface area contributed by atoms with Gasteiger partial charge in [0.25, 0.3) is 0 Å².